The molecule has 0 spiro atoms. The summed E-state index contributed by atoms with van der Waals surface area (Å²) < 4.78 is 15.0. The van der Waals surface area contributed by atoms with Crippen molar-refractivity contribution in [2.45, 2.75) is 33.9 Å². The van der Waals surface area contributed by atoms with E-state index in [-0.39, 0.29) is 44.9 Å². The van der Waals surface area contributed by atoms with Crippen molar-refractivity contribution in [3.63, 3.8) is 0 Å². The first kappa shape index (κ1) is 22.4. The zero-order chi connectivity index (χ0) is 24.1. The topological polar surface area (TPSA) is 55.2 Å². The lowest BCUT2D eigenvalue weighted by Crippen LogP contribution is -2.31. The summed E-state index contributed by atoms with van der Waals surface area (Å²) in [7, 11) is 0. The van der Waals surface area contributed by atoms with E-state index in [1.54, 1.807) is 18.2 Å². The Labute approximate surface area is 211 Å². The Morgan fingerprint density at radius 1 is 0.971 bits per heavy atom. The van der Waals surface area contributed by atoms with E-state index in [4.69, 9.17) is 11.6 Å². The fourth-order valence-corrected chi connectivity index (χ4v) is 7.74. The summed E-state index contributed by atoms with van der Waals surface area (Å²) in [4.78, 5) is 11.9. The van der Waals surface area contributed by atoms with Crippen LogP contribution >= 0.6 is 23.4 Å². The van der Waals surface area contributed by atoms with Gasteiger partial charge in [0.1, 0.15) is 5.82 Å². The number of halogens is 2. The van der Waals surface area contributed by atoms with Crippen molar-refractivity contribution in [3.05, 3.63) is 112 Å². The van der Waals surface area contributed by atoms with Gasteiger partial charge in [-0.15, -0.1) is 23.4 Å². The van der Waals surface area contributed by atoms with Crippen LogP contribution in [0.3, 0.4) is 0 Å². The Bertz CT molecular complexity index is 1450. The van der Waals surface area contributed by atoms with Crippen LogP contribution in [0.5, 0.6) is 0 Å². The van der Waals surface area contributed by atoms with Crippen molar-refractivity contribution in [1.82, 2.24) is 0 Å². The Kier molecular flexibility index (Phi) is 5.66. The Balaban J connectivity index is 1.47. The van der Waals surface area contributed by atoms with Gasteiger partial charge < -0.3 is 5.32 Å². The highest BCUT2D eigenvalue weighted by Gasteiger charge is 2.51. The normalized spacial score (nSPS) is 25.0. The summed E-state index contributed by atoms with van der Waals surface area (Å²) in [5.74, 6) is -0.231. The maximum absolute atomic E-state index is 15.0. The molecule has 2 aliphatic rings. The minimum Gasteiger partial charge on any atom is -0.378 e. The monoisotopic (exact) mass is 504 g/mol. The number of para-hydroxylation sites is 1. The number of thioether (sulfide) groups is 1. The van der Waals surface area contributed by atoms with Crippen LogP contribution in [0.25, 0.3) is 10.8 Å². The molecule has 4 nitrogen and oxygen atoms in total. The molecule has 1 saturated carbocycles. The predicted octanol–water partition coefficient (Wildman–Crippen LogP) is 7.93. The van der Waals surface area contributed by atoms with E-state index in [0.717, 1.165) is 22.0 Å². The minimum absolute atomic E-state index is 0.0242. The predicted molar refractivity (Wildman–Crippen MR) is 140 cm³/mol. The molecule has 1 aliphatic carbocycles. The number of nitrogens with zero attached hydrogens (tertiary/aromatic N) is 1. The molecule has 0 radical (unpaired) electrons. The number of nitrogens with one attached hydrogen (secondary N) is 1. The maximum atomic E-state index is 15.0. The van der Waals surface area contributed by atoms with Crippen LogP contribution in [0.1, 0.15) is 29.5 Å². The van der Waals surface area contributed by atoms with Crippen LogP contribution in [0, 0.1) is 21.8 Å². The van der Waals surface area contributed by atoms with Crippen molar-refractivity contribution < 1.29 is 9.31 Å². The molecule has 7 heteroatoms. The smallest absolute Gasteiger partial charge is 0.282 e. The van der Waals surface area contributed by atoms with Crippen LogP contribution in [0.15, 0.2) is 89.8 Å². The van der Waals surface area contributed by atoms with Gasteiger partial charge in [-0.3, -0.25) is 10.1 Å². The van der Waals surface area contributed by atoms with E-state index in [1.165, 1.54) is 23.9 Å². The molecule has 0 unspecified atom stereocenters. The molecule has 4 aromatic carbocycles. The highest BCUT2D eigenvalue weighted by Crippen LogP contribution is 2.59. The summed E-state index contributed by atoms with van der Waals surface area (Å²) in [6, 6.07) is 25.8. The van der Waals surface area contributed by atoms with Crippen molar-refractivity contribution in [2.75, 3.05) is 5.32 Å². The second-order valence-corrected chi connectivity index (χ2v) is 10.9. The van der Waals surface area contributed by atoms with Gasteiger partial charge in [0.05, 0.1) is 21.2 Å². The van der Waals surface area contributed by atoms with Gasteiger partial charge in [-0.2, -0.15) is 0 Å². The number of hydrogen-bond donors (Lipinski definition) is 1. The van der Waals surface area contributed by atoms with Crippen molar-refractivity contribution in [1.29, 1.82) is 0 Å². The van der Waals surface area contributed by atoms with E-state index in [1.807, 2.05) is 30.3 Å². The fourth-order valence-electron chi connectivity index (χ4n) is 5.80. The van der Waals surface area contributed by atoms with Gasteiger partial charge in [0.15, 0.2) is 0 Å². The Morgan fingerprint density at radius 2 is 1.71 bits per heavy atom. The zero-order valence-electron chi connectivity index (χ0n) is 18.6. The quantitative estimate of drug-likeness (QED) is 0.174. The first-order valence-corrected chi connectivity index (χ1v) is 12.9. The Morgan fingerprint density at radius 3 is 2.54 bits per heavy atom. The third-order valence-corrected chi connectivity index (χ3v) is 9.40. The summed E-state index contributed by atoms with van der Waals surface area (Å²) in [5, 5.41) is 17.2. The van der Waals surface area contributed by atoms with Crippen LogP contribution < -0.4 is 5.32 Å². The highest BCUT2D eigenvalue weighted by molar-refractivity contribution is 8.00. The van der Waals surface area contributed by atoms with Gasteiger partial charge in [0.2, 0.25) is 0 Å². The summed E-state index contributed by atoms with van der Waals surface area (Å²) in [6.07, 6.45) is 0.713. The lowest BCUT2D eigenvalue weighted by atomic mass is 9.75. The van der Waals surface area contributed by atoms with Gasteiger partial charge >= 0.3 is 0 Å². The molecule has 0 saturated heterocycles. The molecule has 4 aromatic rings. The SMILES string of the molecule is O=[N+]([O-])c1ccccc1S[C@H]1C[C@H]2[C@@H](c3c(ccc4ccccc34)N[C@H]2c2ccccc2F)[C@H]1Cl. The maximum Gasteiger partial charge on any atom is 0.282 e. The summed E-state index contributed by atoms with van der Waals surface area (Å²) in [5.41, 5.74) is 2.85. The molecule has 1 aliphatic heterocycles. The van der Waals surface area contributed by atoms with E-state index in [0.29, 0.717) is 16.9 Å². The Hall–Kier alpha value is -3.09. The van der Waals surface area contributed by atoms with Crippen LogP contribution in [-0.4, -0.2) is 15.6 Å². The highest BCUT2D eigenvalue weighted by atomic mass is 35.5. The molecule has 0 amide bonds. The van der Waals surface area contributed by atoms with E-state index in [9.17, 15) is 14.5 Å². The number of anilines is 1. The van der Waals surface area contributed by atoms with Crippen LogP contribution in [-0.2, 0) is 0 Å². The minimum atomic E-state index is -0.347. The first-order chi connectivity index (χ1) is 17.0. The van der Waals surface area contributed by atoms with Crippen molar-refractivity contribution >= 4 is 45.5 Å². The molecule has 0 aromatic heterocycles. The summed E-state index contributed by atoms with van der Waals surface area (Å²) in [6.45, 7) is 0. The largest absolute Gasteiger partial charge is 0.378 e. The second kappa shape index (κ2) is 8.85. The number of benzene rings is 4. The van der Waals surface area contributed by atoms with Crippen LogP contribution in [0.2, 0.25) is 0 Å². The van der Waals surface area contributed by atoms with Gasteiger partial charge in [0.25, 0.3) is 5.69 Å². The third kappa shape index (κ3) is 3.76. The molecule has 6 rings (SSSR count). The lowest BCUT2D eigenvalue weighted by Gasteiger charge is -2.39. The molecule has 1 fully saturated rings. The average Bonchev–Trinajstić information content (AvgIpc) is 3.19. The molecule has 176 valence electrons. The standard InChI is InChI=1S/C28H22ClFN2O2S/c29-27-24(35-23-12-6-5-11-22(23)32(33)34)15-19-26(27)25-17-8-2-1-7-16(17)13-14-21(25)31-28(19)18-9-3-4-10-20(18)30/h1-14,19,24,26-28,31H,15H2/t19-,24-,26-,27-,28-/m0/s1. The number of hydrogen-bond acceptors (Lipinski definition) is 4. The second-order valence-electron chi connectivity index (χ2n) is 9.14. The number of nitro benzene ring substituents is 1. The molecular weight excluding hydrogens is 483 g/mol. The molecule has 35 heavy (non-hydrogen) atoms. The van der Waals surface area contributed by atoms with Gasteiger partial charge in [0, 0.05) is 28.5 Å². The average molecular weight is 505 g/mol. The van der Waals surface area contributed by atoms with E-state index < -0.39 is 0 Å². The molecule has 0 bridgehead atoms. The summed E-state index contributed by atoms with van der Waals surface area (Å²) >= 11 is 8.71. The molecule has 1 heterocycles. The van der Waals surface area contributed by atoms with Crippen molar-refractivity contribution in [2.24, 2.45) is 5.92 Å². The number of nitro groups is 1. The number of fused-ring (bicyclic) bond motifs is 5. The molecular formula is C28H22ClFN2O2S. The van der Waals surface area contributed by atoms with Gasteiger partial charge in [-0.05, 0) is 46.9 Å². The lowest BCUT2D eigenvalue weighted by molar-refractivity contribution is -0.387. The van der Waals surface area contributed by atoms with Gasteiger partial charge in [-0.1, -0.05) is 60.7 Å². The van der Waals surface area contributed by atoms with Gasteiger partial charge in [-0.25, -0.2) is 4.39 Å². The van der Waals surface area contributed by atoms with E-state index >= 15 is 0 Å². The zero-order valence-corrected chi connectivity index (χ0v) is 20.2. The fraction of sp³-hybridized carbons (Fsp3) is 0.214. The number of alkyl halides is 1. The molecule has 1 N–H and O–H groups in total. The third-order valence-electron chi connectivity index (χ3n) is 7.29. The van der Waals surface area contributed by atoms with Crippen LogP contribution in [0.4, 0.5) is 15.8 Å². The molecule has 5 atom stereocenters. The number of rotatable bonds is 4. The first-order valence-electron chi connectivity index (χ1n) is 11.6. The van der Waals surface area contributed by atoms with E-state index in [2.05, 4.69) is 29.6 Å². The van der Waals surface area contributed by atoms with Crippen molar-refractivity contribution in [3.8, 4) is 0 Å².